The quantitative estimate of drug-likeness (QED) is 0.867. The highest BCUT2D eigenvalue weighted by atomic mass is 16.3. The monoisotopic (exact) mass is 248 g/mol. The second-order valence-electron chi connectivity index (χ2n) is 5.43. The molecule has 2 fully saturated rings. The zero-order valence-corrected chi connectivity index (χ0v) is 10.6. The average Bonchev–Trinajstić information content (AvgIpc) is 3.08. The smallest absolute Gasteiger partial charge is 0.270 e. The van der Waals surface area contributed by atoms with Crippen LogP contribution in [0.15, 0.2) is 18.3 Å². The maximum Gasteiger partial charge on any atom is 0.270 e. The van der Waals surface area contributed by atoms with Gasteiger partial charge in [0.05, 0.1) is 6.10 Å². The molecule has 1 atom stereocenters. The molecule has 1 aromatic rings. The molecule has 1 N–H and O–H groups in total. The summed E-state index contributed by atoms with van der Waals surface area (Å²) in [6, 6.07) is 4.36. The standard InChI is InChI=1S/C14H20N2O2/c17-12-7-9-15(10-12)14(18)13-6-3-8-16(13)11-4-1-2-5-11/h3,6,8,11-12,17H,1-2,4-5,7,9-10H2/t12-/m1/s1. The number of likely N-dealkylation sites (tertiary alicyclic amines) is 1. The molecule has 1 aliphatic carbocycles. The molecule has 0 aromatic carbocycles. The molecule has 2 aliphatic rings. The number of amides is 1. The molecule has 0 unspecified atom stereocenters. The van der Waals surface area contributed by atoms with E-state index in [0.717, 1.165) is 5.69 Å². The van der Waals surface area contributed by atoms with E-state index < -0.39 is 0 Å². The number of carbonyl (C=O) groups excluding carboxylic acids is 1. The van der Waals surface area contributed by atoms with Crippen molar-refractivity contribution >= 4 is 5.91 Å². The van der Waals surface area contributed by atoms with Crippen LogP contribution in [-0.2, 0) is 0 Å². The van der Waals surface area contributed by atoms with Gasteiger partial charge >= 0.3 is 0 Å². The van der Waals surface area contributed by atoms with Crippen LogP contribution in [0.25, 0.3) is 0 Å². The summed E-state index contributed by atoms with van der Waals surface area (Å²) in [5.74, 6) is 0.0726. The van der Waals surface area contributed by atoms with Gasteiger partial charge < -0.3 is 14.6 Å². The normalized spacial score (nSPS) is 24.9. The molecular formula is C14H20N2O2. The van der Waals surface area contributed by atoms with Crippen molar-refractivity contribution in [3.63, 3.8) is 0 Å². The van der Waals surface area contributed by atoms with Crippen molar-refractivity contribution in [3.8, 4) is 0 Å². The first-order valence-electron chi connectivity index (χ1n) is 6.90. The van der Waals surface area contributed by atoms with E-state index in [-0.39, 0.29) is 12.0 Å². The first-order chi connectivity index (χ1) is 8.75. The van der Waals surface area contributed by atoms with Crippen molar-refractivity contribution in [2.75, 3.05) is 13.1 Å². The summed E-state index contributed by atoms with van der Waals surface area (Å²) in [6.45, 7) is 1.16. The molecule has 2 heterocycles. The number of rotatable bonds is 2. The van der Waals surface area contributed by atoms with Crippen molar-refractivity contribution in [3.05, 3.63) is 24.0 Å². The fourth-order valence-corrected chi connectivity index (χ4v) is 3.16. The molecule has 1 aliphatic heterocycles. The van der Waals surface area contributed by atoms with Crippen LogP contribution in [0.3, 0.4) is 0 Å². The Labute approximate surface area is 107 Å². The Balaban J connectivity index is 1.79. The van der Waals surface area contributed by atoms with Gasteiger partial charge in [0, 0.05) is 25.3 Å². The number of carbonyl (C=O) groups is 1. The van der Waals surface area contributed by atoms with Gasteiger partial charge in [-0.15, -0.1) is 0 Å². The van der Waals surface area contributed by atoms with Crippen LogP contribution in [0.2, 0.25) is 0 Å². The molecule has 18 heavy (non-hydrogen) atoms. The Kier molecular flexibility index (Phi) is 3.12. The Hall–Kier alpha value is -1.29. The van der Waals surface area contributed by atoms with Gasteiger partial charge in [0.1, 0.15) is 5.69 Å². The molecule has 4 nitrogen and oxygen atoms in total. The number of β-amino-alcohol motifs (C(OH)–C–C–N with tert-alkyl or cyclic N) is 1. The van der Waals surface area contributed by atoms with Crippen LogP contribution in [0.5, 0.6) is 0 Å². The molecule has 1 amide bonds. The molecular weight excluding hydrogens is 228 g/mol. The zero-order chi connectivity index (χ0) is 12.5. The summed E-state index contributed by atoms with van der Waals surface area (Å²) in [5, 5.41) is 9.53. The van der Waals surface area contributed by atoms with Crippen LogP contribution in [-0.4, -0.2) is 39.7 Å². The van der Waals surface area contributed by atoms with Gasteiger partial charge in [-0.05, 0) is 31.4 Å². The number of aromatic nitrogens is 1. The highest BCUT2D eigenvalue weighted by Gasteiger charge is 2.28. The maximum absolute atomic E-state index is 12.4. The summed E-state index contributed by atoms with van der Waals surface area (Å²) >= 11 is 0. The molecule has 1 aromatic heterocycles. The second kappa shape index (κ2) is 4.76. The largest absolute Gasteiger partial charge is 0.391 e. The van der Waals surface area contributed by atoms with Crippen LogP contribution in [0.1, 0.15) is 48.6 Å². The van der Waals surface area contributed by atoms with Gasteiger partial charge in [0.15, 0.2) is 0 Å². The predicted octanol–water partition coefficient (Wildman–Crippen LogP) is 1.81. The van der Waals surface area contributed by atoms with E-state index >= 15 is 0 Å². The third kappa shape index (κ3) is 2.05. The summed E-state index contributed by atoms with van der Waals surface area (Å²) < 4.78 is 2.14. The second-order valence-corrected chi connectivity index (χ2v) is 5.43. The number of hydrogen-bond acceptors (Lipinski definition) is 2. The third-order valence-corrected chi connectivity index (χ3v) is 4.17. The fraction of sp³-hybridized carbons (Fsp3) is 0.643. The molecule has 98 valence electrons. The highest BCUT2D eigenvalue weighted by Crippen LogP contribution is 2.31. The molecule has 0 bridgehead atoms. The Morgan fingerprint density at radius 2 is 2.06 bits per heavy atom. The minimum Gasteiger partial charge on any atom is -0.391 e. The van der Waals surface area contributed by atoms with Crippen LogP contribution in [0.4, 0.5) is 0 Å². The van der Waals surface area contributed by atoms with Crippen LogP contribution in [0, 0.1) is 0 Å². The van der Waals surface area contributed by atoms with E-state index in [1.807, 2.05) is 18.3 Å². The molecule has 1 saturated heterocycles. The Bertz CT molecular complexity index is 435. The summed E-state index contributed by atoms with van der Waals surface area (Å²) in [6.07, 6.45) is 7.27. The van der Waals surface area contributed by atoms with Gasteiger partial charge in [-0.25, -0.2) is 0 Å². The van der Waals surface area contributed by atoms with E-state index in [1.165, 1.54) is 25.7 Å². The Morgan fingerprint density at radius 1 is 1.28 bits per heavy atom. The lowest BCUT2D eigenvalue weighted by Crippen LogP contribution is -2.31. The topological polar surface area (TPSA) is 45.5 Å². The predicted molar refractivity (Wildman–Crippen MR) is 68.5 cm³/mol. The fourth-order valence-electron chi connectivity index (χ4n) is 3.16. The highest BCUT2D eigenvalue weighted by molar-refractivity contribution is 5.93. The number of nitrogens with zero attached hydrogens (tertiary/aromatic N) is 2. The van der Waals surface area contributed by atoms with E-state index in [0.29, 0.717) is 25.6 Å². The van der Waals surface area contributed by atoms with E-state index in [9.17, 15) is 9.90 Å². The van der Waals surface area contributed by atoms with Crippen LogP contribution >= 0.6 is 0 Å². The first kappa shape index (κ1) is 11.8. The van der Waals surface area contributed by atoms with Gasteiger partial charge in [0.25, 0.3) is 5.91 Å². The maximum atomic E-state index is 12.4. The van der Waals surface area contributed by atoms with Crippen LogP contribution < -0.4 is 0 Å². The van der Waals surface area contributed by atoms with E-state index in [4.69, 9.17) is 0 Å². The molecule has 1 saturated carbocycles. The van der Waals surface area contributed by atoms with E-state index in [1.54, 1.807) is 4.90 Å². The van der Waals surface area contributed by atoms with Crippen molar-refractivity contribution in [1.29, 1.82) is 0 Å². The number of aliphatic hydroxyl groups is 1. The van der Waals surface area contributed by atoms with Gasteiger partial charge in [-0.2, -0.15) is 0 Å². The van der Waals surface area contributed by atoms with Crippen molar-refractivity contribution in [1.82, 2.24) is 9.47 Å². The van der Waals surface area contributed by atoms with Crippen molar-refractivity contribution < 1.29 is 9.90 Å². The third-order valence-electron chi connectivity index (χ3n) is 4.17. The first-order valence-corrected chi connectivity index (χ1v) is 6.90. The minimum absolute atomic E-state index is 0.0726. The zero-order valence-electron chi connectivity index (χ0n) is 10.6. The van der Waals surface area contributed by atoms with E-state index in [2.05, 4.69) is 4.57 Å². The number of hydrogen-bond donors (Lipinski definition) is 1. The number of aliphatic hydroxyl groups excluding tert-OH is 1. The average molecular weight is 248 g/mol. The summed E-state index contributed by atoms with van der Waals surface area (Å²) in [4.78, 5) is 14.2. The molecule has 4 heteroatoms. The van der Waals surface area contributed by atoms with Crippen molar-refractivity contribution in [2.45, 2.75) is 44.2 Å². The summed E-state index contributed by atoms with van der Waals surface area (Å²) in [7, 11) is 0. The SMILES string of the molecule is O=C(c1cccn1C1CCCC1)N1CC[C@@H](O)C1. The minimum atomic E-state index is -0.344. The van der Waals surface area contributed by atoms with Crippen molar-refractivity contribution in [2.24, 2.45) is 0 Å². The van der Waals surface area contributed by atoms with Gasteiger partial charge in [-0.3, -0.25) is 4.79 Å². The molecule has 3 rings (SSSR count). The summed E-state index contributed by atoms with van der Waals surface area (Å²) in [5.41, 5.74) is 0.788. The lowest BCUT2D eigenvalue weighted by atomic mass is 10.2. The lowest BCUT2D eigenvalue weighted by Gasteiger charge is -2.20. The van der Waals surface area contributed by atoms with Gasteiger partial charge in [-0.1, -0.05) is 12.8 Å². The molecule has 0 radical (unpaired) electrons. The Morgan fingerprint density at radius 3 is 2.72 bits per heavy atom. The molecule has 0 spiro atoms. The lowest BCUT2D eigenvalue weighted by molar-refractivity contribution is 0.0752. The van der Waals surface area contributed by atoms with Gasteiger partial charge in [0.2, 0.25) is 0 Å².